The van der Waals surface area contributed by atoms with Gasteiger partial charge in [0, 0.05) is 25.2 Å². The Morgan fingerprint density at radius 3 is 2.33 bits per heavy atom. The van der Waals surface area contributed by atoms with Crippen LogP contribution in [0.5, 0.6) is 5.75 Å². The first-order chi connectivity index (χ1) is 12.2. The number of ether oxygens (including phenoxy) is 1. The van der Waals surface area contributed by atoms with Crippen molar-refractivity contribution in [3.8, 4) is 16.9 Å². The quantitative estimate of drug-likeness (QED) is 0.796. The molecule has 0 bridgehead atoms. The highest BCUT2D eigenvalue weighted by Crippen LogP contribution is 2.28. The molecule has 2 aromatic rings. The van der Waals surface area contributed by atoms with Crippen LogP contribution in [0.3, 0.4) is 0 Å². The van der Waals surface area contributed by atoms with Gasteiger partial charge in [-0.15, -0.1) is 12.4 Å². The van der Waals surface area contributed by atoms with Crippen molar-refractivity contribution in [1.82, 2.24) is 4.90 Å². The molecular weight excluding hydrogens is 374 g/mol. The number of carbonyl (C=O) groups excluding carboxylic acids is 1. The van der Waals surface area contributed by atoms with E-state index >= 15 is 0 Å². The first kappa shape index (κ1) is 22.9. The van der Waals surface area contributed by atoms with Crippen LogP contribution < -0.4 is 10.5 Å². The number of nitrogens with zero attached hydrogens (tertiary/aromatic N) is 1. The van der Waals surface area contributed by atoms with E-state index in [1.807, 2.05) is 13.8 Å². The van der Waals surface area contributed by atoms with E-state index in [-0.39, 0.29) is 28.9 Å². The van der Waals surface area contributed by atoms with E-state index in [1.54, 1.807) is 13.1 Å². The number of methoxy groups -OCH3 is 1. The van der Waals surface area contributed by atoms with Gasteiger partial charge in [0.05, 0.1) is 12.7 Å². The summed E-state index contributed by atoms with van der Waals surface area (Å²) in [6, 6.07) is 8.42. The first-order valence-corrected chi connectivity index (χ1v) is 8.27. The summed E-state index contributed by atoms with van der Waals surface area (Å²) in [5, 5.41) is 0. The molecule has 0 aliphatic heterocycles. The van der Waals surface area contributed by atoms with Crippen LogP contribution in [0.25, 0.3) is 11.1 Å². The van der Waals surface area contributed by atoms with Gasteiger partial charge in [-0.2, -0.15) is 0 Å². The van der Waals surface area contributed by atoms with Gasteiger partial charge in [0.25, 0.3) is 5.91 Å². The second kappa shape index (κ2) is 9.15. The van der Waals surface area contributed by atoms with E-state index in [9.17, 15) is 13.6 Å². The summed E-state index contributed by atoms with van der Waals surface area (Å²) in [4.78, 5) is 14.0. The van der Waals surface area contributed by atoms with Crippen LogP contribution in [0.2, 0.25) is 0 Å². The Morgan fingerprint density at radius 2 is 1.81 bits per heavy atom. The lowest BCUT2D eigenvalue weighted by molar-refractivity contribution is 0.0736. The van der Waals surface area contributed by atoms with Crippen LogP contribution >= 0.6 is 12.4 Å². The number of nitrogens with two attached hydrogens (primary N) is 1. The fraction of sp³-hybridized carbons (Fsp3) is 0.350. The van der Waals surface area contributed by atoms with E-state index in [0.717, 1.165) is 0 Å². The molecule has 0 aliphatic carbocycles. The predicted molar refractivity (Wildman–Crippen MR) is 105 cm³/mol. The molecule has 7 heteroatoms. The molecule has 0 saturated heterocycles. The molecule has 2 aromatic carbocycles. The Morgan fingerprint density at radius 1 is 1.15 bits per heavy atom. The molecule has 0 fully saturated rings. The van der Waals surface area contributed by atoms with Crippen LogP contribution in [-0.4, -0.2) is 38.1 Å². The van der Waals surface area contributed by atoms with Gasteiger partial charge in [0.2, 0.25) is 0 Å². The summed E-state index contributed by atoms with van der Waals surface area (Å²) in [7, 11) is 3.05. The van der Waals surface area contributed by atoms with Crippen molar-refractivity contribution in [1.29, 1.82) is 0 Å². The average Bonchev–Trinajstić information content (AvgIpc) is 2.60. The van der Waals surface area contributed by atoms with Crippen LogP contribution in [0.1, 0.15) is 24.2 Å². The van der Waals surface area contributed by atoms with Crippen molar-refractivity contribution in [2.24, 2.45) is 11.1 Å². The minimum absolute atomic E-state index is 0. The lowest BCUT2D eigenvalue weighted by atomic mass is 9.93. The van der Waals surface area contributed by atoms with Gasteiger partial charge in [-0.3, -0.25) is 4.79 Å². The highest BCUT2D eigenvalue weighted by Gasteiger charge is 2.24. The second-order valence-corrected chi connectivity index (χ2v) is 7.07. The molecule has 0 saturated carbocycles. The maximum absolute atomic E-state index is 14.5. The fourth-order valence-corrected chi connectivity index (χ4v) is 2.70. The molecule has 0 heterocycles. The minimum atomic E-state index is -0.694. The van der Waals surface area contributed by atoms with Crippen molar-refractivity contribution in [2.45, 2.75) is 13.8 Å². The summed E-state index contributed by atoms with van der Waals surface area (Å²) < 4.78 is 33.7. The Hall–Kier alpha value is -2.18. The van der Waals surface area contributed by atoms with E-state index in [4.69, 9.17) is 10.5 Å². The zero-order chi connectivity index (χ0) is 19.5. The summed E-state index contributed by atoms with van der Waals surface area (Å²) in [6.45, 7) is 4.67. The minimum Gasteiger partial charge on any atom is -0.497 e. The van der Waals surface area contributed by atoms with Crippen molar-refractivity contribution in [2.75, 3.05) is 27.2 Å². The zero-order valence-corrected chi connectivity index (χ0v) is 16.7. The van der Waals surface area contributed by atoms with Crippen molar-refractivity contribution >= 4 is 18.3 Å². The van der Waals surface area contributed by atoms with Gasteiger partial charge in [0.15, 0.2) is 0 Å². The molecule has 0 atom stereocenters. The Labute approximate surface area is 164 Å². The van der Waals surface area contributed by atoms with E-state index < -0.39 is 17.5 Å². The number of benzene rings is 2. The average molecular weight is 399 g/mol. The van der Waals surface area contributed by atoms with Crippen molar-refractivity contribution < 1.29 is 18.3 Å². The third kappa shape index (κ3) is 5.40. The van der Waals surface area contributed by atoms with Gasteiger partial charge < -0.3 is 15.4 Å². The fourth-order valence-electron chi connectivity index (χ4n) is 2.70. The Kier molecular flexibility index (Phi) is 7.75. The highest BCUT2D eigenvalue weighted by molar-refractivity contribution is 5.95. The largest absolute Gasteiger partial charge is 0.497 e. The number of halogens is 3. The molecule has 0 unspecified atom stereocenters. The summed E-state index contributed by atoms with van der Waals surface area (Å²) in [6.07, 6.45) is 0. The summed E-state index contributed by atoms with van der Waals surface area (Å²) >= 11 is 0. The van der Waals surface area contributed by atoms with Crippen LogP contribution in [0, 0.1) is 17.0 Å². The molecule has 27 heavy (non-hydrogen) atoms. The monoisotopic (exact) mass is 398 g/mol. The second-order valence-electron chi connectivity index (χ2n) is 7.07. The van der Waals surface area contributed by atoms with Crippen molar-refractivity contribution in [3.05, 3.63) is 53.6 Å². The van der Waals surface area contributed by atoms with Gasteiger partial charge in [-0.1, -0.05) is 19.9 Å². The molecule has 1 amide bonds. The zero-order valence-electron chi connectivity index (χ0n) is 15.9. The SMILES string of the molecule is COc1ccc(-c2ccc(C(=O)N(C)CC(C)(C)CN)c(F)c2)c(F)c1.Cl. The standard InChI is InChI=1S/C20H24F2N2O2.ClH/c1-20(2,11-23)12-24(3)19(25)16-7-5-13(9-17(16)21)15-8-6-14(26-4)10-18(15)22;/h5-10H,11-12,23H2,1-4H3;1H. The Bertz CT molecular complexity index is 813. The molecule has 2 N–H and O–H groups in total. The molecule has 4 nitrogen and oxygen atoms in total. The van der Waals surface area contributed by atoms with E-state index in [1.165, 1.54) is 42.3 Å². The van der Waals surface area contributed by atoms with Crippen LogP contribution in [0.15, 0.2) is 36.4 Å². The smallest absolute Gasteiger partial charge is 0.256 e. The summed E-state index contributed by atoms with van der Waals surface area (Å²) in [5.41, 5.74) is 5.95. The third-order valence-corrected chi connectivity index (χ3v) is 4.25. The molecule has 148 valence electrons. The van der Waals surface area contributed by atoms with Gasteiger partial charge in [-0.25, -0.2) is 8.78 Å². The van der Waals surface area contributed by atoms with E-state index in [2.05, 4.69) is 0 Å². The molecule has 2 rings (SSSR count). The predicted octanol–water partition coefficient (Wildman–Crippen LogP) is 4.12. The molecule has 0 aromatic heterocycles. The normalized spacial score (nSPS) is 10.9. The van der Waals surface area contributed by atoms with Gasteiger partial charge >= 0.3 is 0 Å². The maximum atomic E-state index is 14.5. The molecule has 0 radical (unpaired) electrons. The number of rotatable bonds is 6. The Balaban J connectivity index is 0.00000364. The highest BCUT2D eigenvalue weighted by atomic mass is 35.5. The van der Waals surface area contributed by atoms with Crippen LogP contribution in [-0.2, 0) is 0 Å². The molecule has 0 spiro atoms. The number of amides is 1. The van der Waals surface area contributed by atoms with E-state index in [0.29, 0.717) is 24.4 Å². The first-order valence-electron chi connectivity index (χ1n) is 8.27. The topological polar surface area (TPSA) is 55.6 Å². The number of hydrogen-bond acceptors (Lipinski definition) is 3. The lowest BCUT2D eigenvalue weighted by Gasteiger charge is -2.29. The maximum Gasteiger partial charge on any atom is 0.256 e. The lowest BCUT2D eigenvalue weighted by Crippen LogP contribution is -2.40. The number of hydrogen-bond donors (Lipinski definition) is 1. The number of carbonyl (C=O) groups is 1. The van der Waals surface area contributed by atoms with Gasteiger partial charge in [0.1, 0.15) is 17.4 Å². The van der Waals surface area contributed by atoms with Gasteiger partial charge in [-0.05, 0) is 41.8 Å². The summed E-state index contributed by atoms with van der Waals surface area (Å²) in [5.74, 6) is -1.28. The van der Waals surface area contributed by atoms with Crippen LogP contribution in [0.4, 0.5) is 8.78 Å². The molecular formula is C20H25ClF2N2O2. The molecule has 0 aliphatic rings. The third-order valence-electron chi connectivity index (χ3n) is 4.25. The van der Waals surface area contributed by atoms with Crippen molar-refractivity contribution in [3.63, 3.8) is 0 Å².